The average Bonchev–Trinajstić information content (AvgIpc) is 3.20. The van der Waals surface area contributed by atoms with Gasteiger partial charge in [-0.25, -0.2) is 12.8 Å². The maximum atomic E-state index is 13.9. The summed E-state index contributed by atoms with van der Waals surface area (Å²) < 4.78 is 42.3. The van der Waals surface area contributed by atoms with Gasteiger partial charge in [-0.1, -0.05) is 18.2 Å². The molecule has 5 nitrogen and oxygen atoms in total. The number of sulfonamides is 1. The first-order chi connectivity index (χ1) is 14.2. The lowest BCUT2D eigenvalue weighted by atomic mass is 9.72. The van der Waals surface area contributed by atoms with Gasteiger partial charge in [-0.3, -0.25) is 4.72 Å². The van der Waals surface area contributed by atoms with E-state index in [0.29, 0.717) is 5.69 Å². The molecule has 30 heavy (non-hydrogen) atoms. The summed E-state index contributed by atoms with van der Waals surface area (Å²) in [5.74, 6) is -0.197. The van der Waals surface area contributed by atoms with Gasteiger partial charge in [0.25, 0.3) is 0 Å². The molecule has 0 aliphatic heterocycles. The van der Waals surface area contributed by atoms with Crippen LogP contribution >= 0.6 is 0 Å². The number of aryl methyl sites for hydroxylation is 2. The molecule has 3 aromatic rings. The minimum Gasteiger partial charge on any atom is -0.349 e. The molecule has 4 rings (SSSR count). The molecule has 0 saturated heterocycles. The van der Waals surface area contributed by atoms with Crippen LogP contribution in [0.1, 0.15) is 36.0 Å². The lowest BCUT2D eigenvalue weighted by Gasteiger charge is -2.31. The molecule has 7 heteroatoms. The van der Waals surface area contributed by atoms with Gasteiger partial charge in [-0.05, 0) is 74.2 Å². The summed E-state index contributed by atoms with van der Waals surface area (Å²) >= 11 is 0. The highest BCUT2D eigenvalue weighted by molar-refractivity contribution is 7.92. The van der Waals surface area contributed by atoms with E-state index in [1.807, 2.05) is 30.8 Å². The van der Waals surface area contributed by atoms with Crippen LogP contribution in [0.5, 0.6) is 0 Å². The second-order valence-electron chi connectivity index (χ2n) is 8.32. The molecule has 0 saturated carbocycles. The largest absolute Gasteiger partial charge is 0.349 e. The van der Waals surface area contributed by atoms with Crippen LogP contribution in [0.25, 0.3) is 10.9 Å². The zero-order chi connectivity index (χ0) is 21.5. The topological polar surface area (TPSA) is 63.1 Å². The summed E-state index contributed by atoms with van der Waals surface area (Å²) in [5.41, 5.74) is 4.66. The van der Waals surface area contributed by atoms with Gasteiger partial charge in [-0.2, -0.15) is 0 Å². The minimum atomic E-state index is -3.39. The van der Waals surface area contributed by atoms with Crippen LogP contribution in [0.2, 0.25) is 0 Å². The van der Waals surface area contributed by atoms with Gasteiger partial charge in [0.15, 0.2) is 0 Å². The molecule has 2 N–H and O–H groups in total. The van der Waals surface area contributed by atoms with E-state index in [1.165, 1.54) is 11.1 Å². The number of nitrogens with zero attached hydrogens (tertiary/aromatic N) is 1. The van der Waals surface area contributed by atoms with E-state index in [-0.39, 0.29) is 11.2 Å². The van der Waals surface area contributed by atoms with Crippen LogP contribution in [0.4, 0.5) is 10.1 Å². The van der Waals surface area contributed by atoms with Crippen LogP contribution < -0.4 is 10.0 Å². The summed E-state index contributed by atoms with van der Waals surface area (Å²) in [7, 11) is 0.501. The van der Waals surface area contributed by atoms with Crippen molar-refractivity contribution in [3.63, 3.8) is 0 Å². The average molecular weight is 430 g/mol. The van der Waals surface area contributed by atoms with E-state index in [1.54, 1.807) is 18.2 Å². The number of rotatable bonds is 7. The lowest BCUT2D eigenvalue weighted by molar-refractivity contribution is 0.450. The monoisotopic (exact) mass is 429 g/mol. The van der Waals surface area contributed by atoms with Gasteiger partial charge in [0, 0.05) is 24.0 Å². The summed E-state index contributed by atoms with van der Waals surface area (Å²) in [5, 5.41) is 4.26. The van der Waals surface area contributed by atoms with Crippen molar-refractivity contribution in [2.45, 2.75) is 31.1 Å². The van der Waals surface area contributed by atoms with E-state index < -0.39 is 10.0 Å². The second kappa shape index (κ2) is 7.71. The number of aromatic nitrogens is 1. The Labute approximate surface area is 177 Å². The Kier molecular flexibility index (Phi) is 5.36. The van der Waals surface area contributed by atoms with Crippen LogP contribution in [0.3, 0.4) is 0 Å². The first-order valence-corrected chi connectivity index (χ1v) is 12.1. The van der Waals surface area contributed by atoms with Gasteiger partial charge in [0.1, 0.15) is 5.82 Å². The maximum Gasteiger partial charge on any atom is 0.229 e. The van der Waals surface area contributed by atoms with E-state index >= 15 is 0 Å². The summed E-state index contributed by atoms with van der Waals surface area (Å²) in [4.78, 5) is 0. The van der Waals surface area contributed by atoms with Crippen molar-refractivity contribution in [3.05, 3.63) is 65.1 Å². The Morgan fingerprint density at radius 2 is 2.00 bits per heavy atom. The van der Waals surface area contributed by atoms with E-state index in [0.717, 1.165) is 55.0 Å². The molecule has 1 aliphatic carbocycles. The molecule has 1 unspecified atom stereocenters. The van der Waals surface area contributed by atoms with Crippen molar-refractivity contribution in [2.24, 2.45) is 7.05 Å². The van der Waals surface area contributed by atoms with Gasteiger partial charge in [-0.15, -0.1) is 0 Å². The smallest absolute Gasteiger partial charge is 0.229 e. The summed E-state index contributed by atoms with van der Waals surface area (Å²) in [6.45, 7) is 0.907. The Hall–Kier alpha value is -2.38. The van der Waals surface area contributed by atoms with Crippen LogP contribution in [-0.2, 0) is 28.9 Å². The SMILES string of the molecule is CNCCCC1(c2cn(C)c3c(NS(C)(=O)=O)cccc23)CCc2cc(F)ccc21. The fraction of sp³-hybridized carbons (Fsp3) is 0.391. The highest BCUT2D eigenvalue weighted by atomic mass is 32.2. The Bertz CT molecular complexity index is 1200. The highest BCUT2D eigenvalue weighted by Crippen LogP contribution is 2.50. The van der Waals surface area contributed by atoms with Crippen LogP contribution in [-0.4, -0.2) is 32.8 Å². The molecular formula is C23H28FN3O2S. The second-order valence-corrected chi connectivity index (χ2v) is 10.1. The van der Waals surface area contributed by atoms with Crippen molar-refractivity contribution in [1.82, 2.24) is 9.88 Å². The number of fused-ring (bicyclic) bond motifs is 2. The van der Waals surface area contributed by atoms with Gasteiger partial charge in [0.2, 0.25) is 10.0 Å². The number of anilines is 1. The Morgan fingerprint density at radius 3 is 2.73 bits per heavy atom. The Morgan fingerprint density at radius 1 is 1.20 bits per heavy atom. The molecule has 0 spiro atoms. The molecule has 1 atom stereocenters. The predicted molar refractivity (Wildman–Crippen MR) is 120 cm³/mol. The third-order valence-corrected chi connectivity index (χ3v) is 6.84. The van der Waals surface area contributed by atoms with Crippen LogP contribution in [0, 0.1) is 5.82 Å². The zero-order valence-corrected chi connectivity index (χ0v) is 18.4. The molecule has 0 radical (unpaired) electrons. The molecule has 0 amide bonds. The van der Waals surface area contributed by atoms with Crippen molar-refractivity contribution >= 4 is 26.6 Å². The lowest BCUT2D eigenvalue weighted by Crippen LogP contribution is -2.26. The van der Waals surface area contributed by atoms with Gasteiger partial charge >= 0.3 is 0 Å². The molecule has 1 aromatic heterocycles. The minimum absolute atomic E-state index is 0.197. The molecule has 1 heterocycles. The standard InChI is InChI=1S/C23H28FN3O2S/c1-25-13-5-11-23(12-10-16-14-17(24)8-9-19(16)23)20-15-27(2)22-18(20)6-4-7-21(22)26-30(3,28)29/h4,6-9,14-15,25-26H,5,10-13H2,1-3H3. The summed E-state index contributed by atoms with van der Waals surface area (Å²) in [6, 6.07) is 10.9. The number of hydrogen-bond donors (Lipinski definition) is 2. The number of para-hydroxylation sites is 1. The molecular weight excluding hydrogens is 401 g/mol. The van der Waals surface area contributed by atoms with Crippen molar-refractivity contribution in [3.8, 4) is 0 Å². The van der Waals surface area contributed by atoms with E-state index in [2.05, 4.69) is 22.3 Å². The van der Waals surface area contributed by atoms with Crippen molar-refractivity contribution < 1.29 is 12.8 Å². The fourth-order valence-corrected chi connectivity index (χ4v) is 5.66. The van der Waals surface area contributed by atoms with Crippen molar-refractivity contribution in [1.29, 1.82) is 0 Å². The van der Waals surface area contributed by atoms with Gasteiger partial charge in [0.05, 0.1) is 17.5 Å². The van der Waals surface area contributed by atoms with Crippen molar-refractivity contribution in [2.75, 3.05) is 24.6 Å². The molecule has 160 valence electrons. The first-order valence-electron chi connectivity index (χ1n) is 10.2. The zero-order valence-electron chi connectivity index (χ0n) is 17.6. The number of benzene rings is 2. The quantitative estimate of drug-likeness (QED) is 0.560. The maximum absolute atomic E-state index is 13.9. The highest BCUT2D eigenvalue weighted by Gasteiger charge is 2.41. The number of halogens is 1. The summed E-state index contributed by atoms with van der Waals surface area (Å²) in [6.07, 6.45) is 6.97. The number of nitrogens with one attached hydrogen (secondary N) is 2. The first kappa shape index (κ1) is 20.9. The third-order valence-electron chi connectivity index (χ3n) is 6.25. The third kappa shape index (κ3) is 3.61. The normalized spacial score (nSPS) is 18.7. The van der Waals surface area contributed by atoms with Crippen LogP contribution in [0.15, 0.2) is 42.6 Å². The fourth-order valence-electron chi connectivity index (χ4n) is 5.09. The van der Waals surface area contributed by atoms with Gasteiger partial charge < -0.3 is 9.88 Å². The Balaban J connectivity index is 1.93. The molecule has 0 fully saturated rings. The number of hydrogen-bond acceptors (Lipinski definition) is 3. The molecule has 1 aliphatic rings. The molecule has 2 aromatic carbocycles. The predicted octanol–water partition coefficient (Wildman–Crippen LogP) is 3.92. The van der Waals surface area contributed by atoms with E-state index in [9.17, 15) is 12.8 Å². The van der Waals surface area contributed by atoms with E-state index in [4.69, 9.17) is 0 Å². The molecule has 0 bridgehead atoms.